The highest BCUT2D eigenvalue weighted by Crippen LogP contribution is 2.30. The van der Waals surface area contributed by atoms with E-state index in [1.54, 1.807) is 74.5 Å². The van der Waals surface area contributed by atoms with Gasteiger partial charge in [0.05, 0.1) is 39.7 Å². The first-order valence-corrected chi connectivity index (χ1v) is 13.2. The Bertz CT molecular complexity index is 1690. The molecule has 1 aromatic heterocycles. The van der Waals surface area contributed by atoms with Gasteiger partial charge in [-0.1, -0.05) is 48.0 Å². The Morgan fingerprint density at radius 2 is 1.76 bits per heavy atom. The molecule has 0 saturated heterocycles. The minimum absolute atomic E-state index is 0.123. The van der Waals surface area contributed by atoms with Crippen LogP contribution in [0.4, 0.5) is 5.69 Å². The molecule has 5 rings (SSSR count). The first-order chi connectivity index (χ1) is 19.8. The van der Waals surface area contributed by atoms with Crippen LogP contribution in [-0.4, -0.2) is 30.2 Å². The van der Waals surface area contributed by atoms with E-state index in [0.29, 0.717) is 39.6 Å². The molecule has 0 unspecified atom stereocenters. The quantitative estimate of drug-likeness (QED) is 0.169. The van der Waals surface area contributed by atoms with Crippen LogP contribution in [0.5, 0.6) is 0 Å². The highest BCUT2D eigenvalue weighted by atomic mass is 35.5. The topological polar surface area (TPSA) is 98.4 Å². The maximum absolute atomic E-state index is 13.2. The number of nitrogens with zero attached hydrogens (tertiary/aromatic N) is 2. The standard InChI is InChI=1S/C32H25ClN2O6/c1-3-39-31(37)23-10-7-11-24(16-23)35-30(36)26(20(2)34-35)18-25-13-15-29(41-25)22-12-14-28(33)27(17-22)32(38)40-19-21-8-5-4-6-9-21/h4-18H,3,19H2,1-2H3/b26-18-. The lowest BCUT2D eigenvalue weighted by atomic mass is 10.1. The number of amides is 1. The van der Waals surface area contributed by atoms with Gasteiger partial charge in [-0.2, -0.15) is 10.1 Å². The second kappa shape index (κ2) is 12.1. The summed E-state index contributed by atoms with van der Waals surface area (Å²) in [7, 11) is 0. The monoisotopic (exact) mass is 568 g/mol. The predicted octanol–water partition coefficient (Wildman–Crippen LogP) is 6.94. The number of ether oxygens (including phenoxy) is 2. The predicted molar refractivity (Wildman–Crippen MR) is 156 cm³/mol. The lowest BCUT2D eigenvalue weighted by Gasteiger charge is -2.12. The van der Waals surface area contributed by atoms with E-state index in [9.17, 15) is 14.4 Å². The Morgan fingerprint density at radius 1 is 0.951 bits per heavy atom. The molecule has 0 radical (unpaired) electrons. The maximum atomic E-state index is 13.2. The minimum atomic E-state index is -0.551. The molecular formula is C32H25ClN2O6. The van der Waals surface area contributed by atoms with Crippen molar-refractivity contribution in [2.45, 2.75) is 20.5 Å². The van der Waals surface area contributed by atoms with Crippen LogP contribution in [0.1, 0.15) is 45.9 Å². The molecule has 3 aromatic carbocycles. The zero-order valence-electron chi connectivity index (χ0n) is 22.3. The van der Waals surface area contributed by atoms with Gasteiger partial charge >= 0.3 is 11.9 Å². The third kappa shape index (κ3) is 6.13. The SMILES string of the molecule is CCOC(=O)c1cccc(N2N=C(C)/C(=C/c3ccc(-c4ccc(Cl)c(C(=O)OCc5ccccc5)c4)o3)C2=O)c1. The van der Waals surface area contributed by atoms with Gasteiger partial charge in [0, 0.05) is 5.56 Å². The van der Waals surface area contributed by atoms with E-state index in [2.05, 4.69) is 5.10 Å². The van der Waals surface area contributed by atoms with Crippen LogP contribution in [0.15, 0.2) is 100 Å². The molecule has 1 amide bonds. The number of furan rings is 1. The van der Waals surface area contributed by atoms with E-state index in [0.717, 1.165) is 5.56 Å². The van der Waals surface area contributed by atoms with E-state index in [1.165, 1.54) is 5.01 Å². The fourth-order valence-electron chi connectivity index (χ4n) is 4.20. The van der Waals surface area contributed by atoms with Crippen LogP contribution in [0, 0.1) is 0 Å². The maximum Gasteiger partial charge on any atom is 0.340 e. The minimum Gasteiger partial charge on any atom is -0.462 e. The van der Waals surface area contributed by atoms with Gasteiger partial charge in [-0.05, 0) is 74.0 Å². The van der Waals surface area contributed by atoms with Gasteiger partial charge in [-0.15, -0.1) is 0 Å². The Labute approximate surface area is 241 Å². The number of anilines is 1. The number of halogens is 1. The molecule has 0 atom stereocenters. The van der Waals surface area contributed by atoms with Crippen LogP contribution < -0.4 is 5.01 Å². The third-order valence-corrected chi connectivity index (χ3v) is 6.59. The van der Waals surface area contributed by atoms with Gasteiger partial charge in [-0.25, -0.2) is 9.59 Å². The summed E-state index contributed by atoms with van der Waals surface area (Å²) in [5.74, 6) is -0.496. The number of hydrazone groups is 1. The van der Waals surface area contributed by atoms with Crippen LogP contribution >= 0.6 is 11.6 Å². The first kappa shape index (κ1) is 27.6. The second-order valence-electron chi connectivity index (χ2n) is 9.09. The van der Waals surface area contributed by atoms with Gasteiger partial charge in [0.15, 0.2) is 0 Å². The highest BCUT2D eigenvalue weighted by Gasteiger charge is 2.29. The summed E-state index contributed by atoms with van der Waals surface area (Å²) in [5, 5.41) is 5.88. The molecule has 0 aliphatic carbocycles. The molecule has 41 heavy (non-hydrogen) atoms. The van der Waals surface area contributed by atoms with Gasteiger partial charge in [-0.3, -0.25) is 4.79 Å². The number of hydrogen-bond acceptors (Lipinski definition) is 7. The van der Waals surface area contributed by atoms with Gasteiger partial charge in [0.2, 0.25) is 0 Å². The summed E-state index contributed by atoms with van der Waals surface area (Å²) in [5.41, 5.74) is 3.29. The van der Waals surface area contributed by atoms with Gasteiger partial charge in [0.1, 0.15) is 18.1 Å². The lowest BCUT2D eigenvalue weighted by Crippen LogP contribution is -2.21. The summed E-state index contributed by atoms with van der Waals surface area (Å²) >= 11 is 6.30. The van der Waals surface area contributed by atoms with Crippen LogP contribution in [-0.2, 0) is 20.9 Å². The molecule has 0 fully saturated rings. The summed E-state index contributed by atoms with van der Waals surface area (Å²) < 4.78 is 16.5. The Kier molecular flexibility index (Phi) is 8.12. The summed E-state index contributed by atoms with van der Waals surface area (Å²) in [6.07, 6.45) is 1.60. The molecule has 8 nitrogen and oxygen atoms in total. The van der Waals surface area contributed by atoms with E-state index < -0.39 is 11.9 Å². The number of esters is 2. The molecule has 2 heterocycles. The molecule has 1 aliphatic rings. The molecular weight excluding hydrogens is 544 g/mol. The molecule has 0 bridgehead atoms. The third-order valence-electron chi connectivity index (χ3n) is 6.26. The van der Waals surface area contributed by atoms with Crippen molar-refractivity contribution in [2.24, 2.45) is 5.10 Å². The van der Waals surface area contributed by atoms with Crippen molar-refractivity contribution in [1.29, 1.82) is 0 Å². The fraction of sp³-hybridized carbons (Fsp3) is 0.125. The summed E-state index contributed by atoms with van der Waals surface area (Å²) in [4.78, 5) is 38.1. The van der Waals surface area contributed by atoms with Crippen molar-refractivity contribution < 1.29 is 28.3 Å². The second-order valence-corrected chi connectivity index (χ2v) is 9.50. The molecule has 0 spiro atoms. The summed E-state index contributed by atoms with van der Waals surface area (Å²) in [6, 6.07) is 24.3. The van der Waals surface area contributed by atoms with Crippen LogP contribution in [0.25, 0.3) is 17.4 Å². The summed E-state index contributed by atoms with van der Waals surface area (Å²) in [6.45, 7) is 3.81. The molecule has 206 valence electrons. The van der Waals surface area contributed by atoms with Crippen molar-refractivity contribution in [2.75, 3.05) is 11.6 Å². The van der Waals surface area contributed by atoms with Crippen molar-refractivity contribution >= 4 is 46.9 Å². The molecule has 1 aliphatic heterocycles. The fourth-order valence-corrected chi connectivity index (χ4v) is 4.40. The van der Waals surface area contributed by atoms with Crippen molar-refractivity contribution in [3.05, 3.63) is 118 Å². The largest absolute Gasteiger partial charge is 0.462 e. The average Bonchev–Trinajstić information content (AvgIpc) is 3.57. The van der Waals surface area contributed by atoms with Crippen molar-refractivity contribution in [3.63, 3.8) is 0 Å². The van der Waals surface area contributed by atoms with Crippen LogP contribution in [0.2, 0.25) is 5.02 Å². The van der Waals surface area contributed by atoms with Gasteiger partial charge < -0.3 is 13.9 Å². The zero-order chi connectivity index (χ0) is 28.9. The number of carbonyl (C=O) groups is 3. The van der Waals surface area contributed by atoms with Crippen molar-refractivity contribution in [1.82, 2.24) is 0 Å². The Hall–Kier alpha value is -4.95. The molecule has 0 saturated carbocycles. The number of hydrogen-bond donors (Lipinski definition) is 0. The van der Waals surface area contributed by atoms with E-state index in [-0.39, 0.29) is 29.7 Å². The Balaban J connectivity index is 1.33. The van der Waals surface area contributed by atoms with E-state index in [1.807, 2.05) is 30.3 Å². The average molecular weight is 569 g/mol. The number of carbonyl (C=O) groups excluding carboxylic acids is 3. The molecule has 4 aromatic rings. The lowest BCUT2D eigenvalue weighted by molar-refractivity contribution is -0.114. The van der Waals surface area contributed by atoms with E-state index >= 15 is 0 Å². The molecule has 0 N–H and O–H groups in total. The van der Waals surface area contributed by atoms with Crippen LogP contribution in [0.3, 0.4) is 0 Å². The van der Waals surface area contributed by atoms with Gasteiger partial charge in [0.25, 0.3) is 5.91 Å². The van der Waals surface area contributed by atoms with Crippen molar-refractivity contribution in [3.8, 4) is 11.3 Å². The molecule has 9 heteroatoms. The number of rotatable bonds is 8. The van der Waals surface area contributed by atoms with E-state index in [4.69, 9.17) is 25.5 Å². The normalized spacial score (nSPS) is 13.8. The Morgan fingerprint density at radius 3 is 2.54 bits per heavy atom. The smallest absolute Gasteiger partial charge is 0.340 e. The zero-order valence-corrected chi connectivity index (χ0v) is 23.1. The highest BCUT2D eigenvalue weighted by molar-refractivity contribution is 6.33. The number of benzene rings is 3. The first-order valence-electron chi connectivity index (χ1n) is 12.8.